The van der Waals surface area contributed by atoms with E-state index in [1.54, 1.807) is 6.07 Å². The van der Waals surface area contributed by atoms with Gasteiger partial charge in [0.1, 0.15) is 11.5 Å². The second-order valence-corrected chi connectivity index (χ2v) is 5.66. The van der Waals surface area contributed by atoms with Crippen molar-refractivity contribution in [3.8, 4) is 11.5 Å². The van der Waals surface area contributed by atoms with Crippen molar-refractivity contribution in [1.82, 2.24) is 15.5 Å². The van der Waals surface area contributed by atoms with Crippen molar-refractivity contribution in [3.63, 3.8) is 0 Å². The molecule has 0 unspecified atom stereocenters. The molecule has 0 spiro atoms. The fraction of sp³-hybridized carbons (Fsp3) is 0.467. The minimum absolute atomic E-state index is 0. The first-order valence-electron chi connectivity index (χ1n) is 7.30. The van der Waals surface area contributed by atoms with Crippen LogP contribution >= 0.6 is 12.4 Å². The van der Waals surface area contributed by atoms with Crippen LogP contribution in [0.2, 0.25) is 0 Å². The van der Waals surface area contributed by atoms with E-state index in [-0.39, 0.29) is 30.4 Å². The highest BCUT2D eigenvalue weighted by Crippen LogP contribution is 2.21. The van der Waals surface area contributed by atoms with Gasteiger partial charge in [-0.1, -0.05) is 0 Å². The maximum atomic E-state index is 12.2. The minimum atomic E-state index is -0.152. The van der Waals surface area contributed by atoms with E-state index < -0.39 is 0 Å². The van der Waals surface area contributed by atoms with Crippen LogP contribution in [0.1, 0.15) is 41.9 Å². The number of carbonyl (C=O) groups is 1. The maximum absolute atomic E-state index is 12.2. The first-order valence-corrected chi connectivity index (χ1v) is 7.30. The summed E-state index contributed by atoms with van der Waals surface area (Å²) in [5, 5.41) is 9.91. The number of nitrogens with two attached hydrogens (primary N) is 1. The van der Waals surface area contributed by atoms with Crippen molar-refractivity contribution >= 4 is 18.3 Å². The van der Waals surface area contributed by atoms with E-state index in [9.17, 15) is 4.79 Å². The number of nitrogens with zero attached hydrogens (tertiary/aromatic N) is 1. The molecule has 1 fully saturated rings. The summed E-state index contributed by atoms with van der Waals surface area (Å²) in [5.74, 6) is 1.35. The van der Waals surface area contributed by atoms with Crippen LogP contribution in [0.15, 0.2) is 22.6 Å². The smallest absolute Gasteiger partial charge is 0.272 e. The fourth-order valence-corrected chi connectivity index (χ4v) is 2.67. The van der Waals surface area contributed by atoms with Crippen molar-refractivity contribution in [2.75, 3.05) is 0 Å². The fourth-order valence-electron chi connectivity index (χ4n) is 2.67. The predicted octanol–water partition coefficient (Wildman–Crippen LogP) is 2.40. The van der Waals surface area contributed by atoms with Crippen LogP contribution in [-0.2, 0) is 0 Å². The number of amides is 1. The summed E-state index contributed by atoms with van der Waals surface area (Å²) in [6.45, 7) is 1.88. The lowest BCUT2D eigenvalue weighted by molar-refractivity contribution is 0.0921. The molecule has 22 heavy (non-hydrogen) atoms. The summed E-state index contributed by atoms with van der Waals surface area (Å²) in [6.07, 6.45) is 3.79. The molecule has 0 aliphatic heterocycles. The molecule has 3 rings (SSSR count). The van der Waals surface area contributed by atoms with Crippen LogP contribution in [0.5, 0.6) is 0 Å². The summed E-state index contributed by atoms with van der Waals surface area (Å²) in [6, 6.07) is 5.91. The molecule has 1 amide bonds. The van der Waals surface area contributed by atoms with Gasteiger partial charge in [0.2, 0.25) is 0 Å². The van der Waals surface area contributed by atoms with E-state index in [0.717, 1.165) is 31.4 Å². The highest BCUT2D eigenvalue weighted by atomic mass is 35.5. The number of rotatable bonds is 3. The Kier molecular flexibility index (Phi) is 5.26. The van der Waals surface area contributed by atoms with Gasteiger partial charge in [-0.05, 0) is 44.7 Å². The second-order valence-electron chi connectivity index (χ2n) is 5.66. The third kappa shape index (κ3) is 3.69. The number of furan rings is 1. The van der Waals surface area contributed by atoms with Crippen molar-refractivity contribution in [2.45, 2.75) is 44.7 Å². The Morgan fingerprint density at radius 1 is 1.36 bits per heavy atom. The van der Waals surface area contributed by atoms with E-state index in [1.165, 1.54) is 0 Å². The Morgan fingerprint density at radius 2 is 2.09 bits per heavy atom. The average Bonchev–Trinajstić information content (AvgIpc) is 3.10. The Hall–Kier alpha value is -1.79. The molecule has 0 bridgehead atoms. The molecular weight excluding hydrogens is 304 g/mol. The third-order valence-corrected chi connectivity index (χ3v) is 3.92. The van der Waals surface area contributed by atoms with Gasteiger partial charge in [-0.2, -0.15) is 5.10 Å². The van der Waals surface area contributed by atoms with Crippen molar-refractivity contribution in [3.05, 3.63) is 29.7 Å². The quantitative estimate of drug-likeness (QED) is 0.807. The van der Waals surface area contributed by atoms with Gasteiger partial charge in [0, 0.05) is 18.2 Å². The SMILES string of the molecule is Cc1ccc(-c2cc(C(=O)NC3CCC(N)CC3)n[nH]2)o1.Cl. The summed E-state index contributed by atoms with van der Waals surface area (Å²) >= 11 is 0. The lowest BCUT2D eigenvalue weighted by atomic mass is 9.92. The Morgan fingerprint density at radius 3 is 2.73 bits per heavy atom. The number of aromatic nitrogens is 2. The number of aromatic amines is 1. The van der Waals surface area contributed by atoms with Gasteiger partial charge in [0.05, 0.1) is 0 Å². The van der Waals surface area contributed by atoms with Crippen LogP contribution in [0, 0.1) is 6.92 Å². The highest BCUT2D eigenvalue weighted by Gasteiger charge is 2.22. The van der Waals surface area contributed by atoms with Gasteiger partial charge < -0.3 is 15.5 Å². The first kappa shape index (κ1) is 16.6. The molecule has 1 saturated carbocycles. The van der Waals surface area contributed by atoms with Gasteiger partial charge in [0.15, 0.2) is 11.5 Å². The molecule has 2 aromatic heterocycles. The monoisotopic (exact) mass is 324 g/mol. The third-order valence-electron chi connectivity index (χ3n) is 3.92. The summed E-state index contributed by atoms with van der Waals surface area (Å²) < 4.78 is 5.51. The molecular formula is C15H21ClN4O2. The molecule has 0 radical (unpaired) electrons. The number of nitrogens with one attached hydrogen (secondary N) is 2. The lowest BCUT2D eigenvalue weighted by Crippen LogP contribution is -2.40. The number of carbonyl (C=O) groups excluding carboxylic acids is 1. The average molecular weight is 325 g/mol. The number of H-pyrrole nitrogens is 1. The van der Waals surface area contributed by atoms with E-state index in [1.807, 2.05) is 19.1 Å². The molecule has 0 saturated heterocycles. The largest absolute Gasteiger partial charge is 0.460 e. The van der Waals surface area contributed by atoms with E-state index in [0.29, 0.717) is 17.1 Å². The molecule has 120 valence electrons. The number of halogens is 1. The van der Waals surface area contributed by atoms with Crippen molar-refractivity contribution in [1.29, 1.82) is 0 Å². The molecule has 7 heteroatoms. The van der Waals surface area contributed by atoms with Crippen LogP contribution in [-0.4, -0.2) is 28.2 Å². The molecule has 4 N–H and O–H groups in total. The maximum Gasteiger partial charge on any atom is 0.272 e. The molecule has 2 heterocycles. The van der Waals surface area contributed by atoms with Gasteiger partial charge >= 0.3 is 0 Å². The van der Waals surface area contributed by atoms with Gasteiger partial charge in [-0.25, -0.2) is 0 Å². The number of hydrogen-bond donors (Lipinski definition) is 3. The van der Waals surface area contributed by atoms with Crippen LogP contribution in [0.4, 0.5) is 0 Å². The zero-order valence-corrected chi connectivity index (χ0v) is 13.3. The molecule has 0 aromatic carbocycles. The Labute approximate surface area is 135 Å². The molecule has 1 aliphatic rings. The zero-order chi connectivity index (χ0) is 14.8. The molecule has 2 aromatic rings. The zero-order valence-electron chi connectivity index (χ0n) is 12.5. The standard InChI is InChI=1S/C15H20N4O2.ClH/c1-9-2-7-14(21-9)12-8-13(19-18-12)15(20)17-11-5-3-10(16)4-6-11;/h2,7-8,10-11H,3-6,16H2,1H3,(H,17,20)(H,18,19);1H. The summed E-state index contributed by atoms with van der Waals surface area (Å²) in [7, 11) is 0. The van der Waals surface area contributed by atoms with E-state index in [4.69, 9.17) is 10.2 Å². The lowest BCUT2D eigenvalue weighted by Gasteiger charge is -2.26. The molecule has 1 aliphatic carbocycles. The van der Waals surface area contributed by atoms with Crippen molar-refractivity contribution < 1.29 is 9.21 Å². The topological polar surface area (TPSA) is 96.9 Å². The van der Waals surface area contributed by atoms with Gasteiger partial charge in [0.25, 0.3) is 5.91 Å². The summed E-state index contributed by atoms with van der Waals surface area (Å²) in [5.41, 5.74) is 6.96. The Bertz CT molecular complexity index is 629. The van der Waals surface area contributed by atoms with Crippen LogP contribution in [0.3, 0.4) is 0 Å². The van der Waals surface area contributed by atoms with Gasteiger partial charge in [-0.3, -0.25) is 9.89 Å². The van der Waals surface area contributed by atoms with Crippen LogP contribution < -0.4 is 11.1 Å². The van der Waals surface area contributed by atoms with Crippen molar-refractivity contribution in [2.24, 2.45) is 5.73 Å². The van der Waals surface area contributed by atoms with E-state index >= 15 is 0 Å². The van der Waals surface area contributed by atoms with E-state index in [2.05, 4.69) is 15.5 Å². The predicted molar refractivity (Wildman–Crippen MR) is 86.0 cm³/mol. The minimum Gasteiger partial charge on any atom is -0.460 e. The second kappa shape index (κ2) is 6.98. The first-order chi connectivity index (χ1) is 10.1. The summed E-state index contributed by atoms with van der Waals surface area (Å²) in [4.78, 5) is 12.2. The highest BCUT2D eigenvalue weighted by molar-refractivity contribution is 5.93. The number of aryl methyl sites for hydroxylation is 1. The van der Waals surface area contributed by atoms with Gasteiger partial charge in [-0.15, -0.1) is 12.4 Å². The van der Waals surface area contributed by atoms with Crippen LogP contribution in [0.25, 0.3) is 11.5 Å². The Balaban J connectivity index is 0.00000176. The number of hydrogen-bond acceptors (Lipinski definition) is 4. The normalized spacial score (nSPS) is 21.2. The molecule has 6 nitrogen and oxygen atoms in total. The molecule has 0 atom stereocenters.